The number of fused-ring (bicyclic) bond motifs is 1. The molecule has 0 aliphatic rings. The number of hydrogen-bond donors (Lipinski definition) is 0. The molecule has 0 fully saturated rings. The molecule has 0 unspecified atom stereocenters. The van der Waals surface area contributed by atoms with E-state index < -0.39 is 0 Å². The number of rotatable bonds is 2. The molecule has 0 saturated heterocycles. The zero-order valence-corrected chi connectivity index (χ0v) is 7.94. The summed E-state index contributed by atoms with van der Waals surface area (Å²) in [5, 5.41) is 1.95. The minimum Gasteiger partial charge on any atom is -0.429 e. The van der Waals surface area contributed by atoms with Gasteiger partial charge in [0.2, 0.25) is 0 Å². The van der Waals surface area contributed by atoms with Gasteiger partial charge in [-0.05, 0) is 35.0 Å². The van der Waals surface area contributed by atoms with Crippen LogP contribution in [0.25, 0.3) is 10.8 Å². The van der Waals surface area contributed by atoms with Gasteiger partial charge in [-0.25, -0.2) is 0 Å². The molecule has 0 spiro atoms. The van der Waals surface area contributed by atoms with E-state index in [-0.39, 0.29) is 0 Å². The molecule has 0 radical (unpaired) electrons. The number of benzene rings is 2. The van der Waals surface area contributed by atoms with Gasteiger partial charge in [0, 0.05) is 5.56 Å². The van der Waals surface area contributed by atoms with Gasteiger partial charge < -0.3 is 4.74 Å². The quantitative estimate of drug-likeness (QED) is 0.544. The molecule has 0 bridgehead atoms. The molecule has 72 valence electrons. The normalized spacial score (nSPS) is 9.53. The number of hydrogen-bond acceptors (Lipinski definition) is 2. The van der Waals surface area contributed by atoms with Crippen LogP contribution in [0.2, 0.25) is 0 Å². The number of terminal acetylenes is 1. The molecule has 2 aromatic carbocycles. The van der Waals surface area contributed by atoms with Crippen LogP contribution in [-0.4, -0.2) is 6.47 Å². The Bertz CT molecular complexity index is 550. The third kappa shape index (κ3) is 1.68. The largest absolute Gasteiger partial charge is 0.429 e. The molecule has 15 heavy (non-hydrogen) atoms. The van der Waals surface area contributed by atoms with Crippen LogP contribution in [-0.2, 0) is 4.79 Å². The van der Waals surface area contributed by atoms with Gasteiger partial charge in [-0.2, -0.15) is 0 Å². The molecule has 0 N–H and O–H groups in total. The maximum Gasteiger partial charge on any atom is 0.298 e. The van der Waals surface area contributed by atoms with E-state index in [0.717, 1.165) is 16.3 Å². The lowest BCUT2D eigenvalue weighted by Crippen LogP contribution is -1.88. The Hall–Kier alpha value is -2.27. The Morgan fingerprint density at radius 3 is 2.87 bits per heavy atom. The predicted molar refractivity (Wildman–Crippen MR) is 58.6 cm³/mol. The van der Waals surface area contributed by atoms with Gasteiger partial charge in [0.05, 0.1) is 0 Å². The lowest BCUT2D eigenvalue weighted by Gasteiger charge is -2.02. The molecule has 2 nitrogen and oxygen atoms in total. The van der Waals surface area contributed by atoms with Crippen LogP contribution in [0, 0.1) is 12.3 Å². The first-order valence-corrected chi connectivity index (χ1v) is 4.45. The minimum atomic E-state index is 0.409. The van der Waals surface area contributed by atoms with Crippen molar-refractivity contribution in [3.8, 4) is 18.1 Å². The van der Waals surface area contributed by atoms with Gasteiger partial charge in [0.25, 0.3) is 6.47 Å². The first-order valence-electron chi connectivity index (χ1n) is 4.45. The Balaban J connectivity index is 2.64. The van der Waals surface area contributed by atoms with Crippen LogP contribution in [0.3, 0.4) is 0 Å². The van der Waals surface area contributed by atoms with Crippen molar-refractivity contribution >= 4 is 17.2 Å². The zero-order chi connectivity index (χ0) is 10.7. The lowest BCUT2D eigenvalue weighted by atomic mass is 10.1. The molecule has 0 amide bonds. The molecule has 0 saturated carbocycles. The second kappa shape index (κ2) is 3.85. The fourth-order valence-electron chi connectivity index (χ4n) is 1.52. The molecular formula is C13H8O2. The summed E-state index contributed by atoms with van der Waals surface area (Å²) in [5.74, 6) is 3.13. The first kappa shape index (κ1) is 9.29. The van der Waals surface area contributed by atoms with Crippen molar-refractivity contribution in [1.29, 1.82) is 0 Å². The lowest BCUT2D eigenvalue weighted by molar-refractivity contribution is -0.120. The maximum atomic E-state index is 10.2. The standard InChI is InChI=1S/C13H8O2/c1-2-10-4-3-5-11-8-12(15-9-14)6-7-13(10)11/h1,3-9H. The molecule has 0 heterocycles. The Morgan fingerprint density at radius 2 is 2.13 bits per heavy atom. The molecule has 2 rings (SSSR count). The molecule has 0 aliphatic heterocycles. The number of ether oxygens (including phenoxy) is 1. The summed E-state index contributed by atoms with van der Waals surface area (Å²) in [6.07, 6.45) is 5.38. The van der Waals surface area contributed by atoms with Crippen molar-refractivity contribution in [2.45, 2.75) is 0 Å². The van der Waals surface area contributed by atoms with Gasteiger partial charge >= 0.3 is 0 Å². The highest BCUT2D eigenvalue weighted by Gasteiger charge is 2.00. The average Bonchev–Trinajstić information content (AvgIpc) is 2.28. The fraction of sp³-hybridized carbons (Fsp3) is 0. The number of carbonyl (C=O) groups excluding carboxylic acids is 1. The van der Waals surface area contributed by atoms with Crippen molar-refractivity contribution in [2.75, 3.05) is 0 Å². The monoisotopic (exact) mass is 196 g/mol. The summed E-state index contributed by atoms with van der Waals surface area (Å²) >= 11 is 0. The SMILES string of the molecule is C#Cc1cccc2cc(OC=O)ccc12. The Labute approximate surface area is 87.5 Å². The van der Waals surface area contributed by atoms with Crippen LogP contribution in [0.1, 0.15) is 5.56 Å². The van der Waals surface area contributed by atoms with Crippen LogP contribution >= 0.6 is 0 Å². The van der Waals surface area contributed by atoms with Crippen LogP contribution in [0.5, 0.6) is 5.75 Å². The third-order valence-electron chi connectivity index (χ3n) is 2.19. The zero-order valence-electron chi connectivity index (χ0n) is 7.94. The van der Waals surface area contributed by atoms with Gasteiger partial charge in [-0.1, -0.05) is 18.1 Å². The molecule has 2 heteroatoms. The average molecular weight is 196 g/mol. The Morgan fingerprint density at radius 1 is 1.27 bits per heavy atom. The minimum absolute atomic E-state index is 0.409. The predicted octanol–water partition coefficient (Wildman–Crippen LogP) is 2.36. The molecule has 0 aromatic heterocycles. The van der Waals surface area contributed by atoms with E-state index in [1.54, 1.807) is 12.1 Å². The van der Waals surface area contributed by atoms with Crippen molar-refractivity contribution in [2.24, 2.45) is 0 Å². The summed E-state index contributed by atoms with van der Waals surface area (Å²) in [6, 6.07) is 11.0. The smallest absolute Gasteiger partial charge is 0.298 e. The van der Waals surface area contributed by atoms with E-state index in [2.05, 4.69) is 5.92 Å². The highest BCUT2D eigenvalue weighted by atomic mass is 16.5. The highest BCUT2D eigenvalue weighted by Crippen LogP contribution is 2.23. The van der Waals surface area contributed by atoms with E-state index in [1.165, 1.54) is 0 Å². The molecule has 0 aliphatic carbocycles. The van der Waals surface area contributed by atoms with E-state index in [1.807, 2.05) is 24.3 Å². The van der Waals surface area contributed by atoms with Crippen molar-refractivity contribution in [3.63, 3.8) is 0 Å². The summed E-state index contributed by atoms with van der Waals surface area (Å²) in [4.78, 5) is 10.2. The molecule has 2 aromatic rings. The molecular weight excluding hydrogens is 188 g/mol. The van der Waals surface area contributed by atoms with E-state index >= 15 is 0 Å². The van der Waals surface area contributed by atoms with E-state index in [0.29, 0.717) is 12.2 Å². The summed E-state index contributed by atoms with van der Waals surface area (Å²) in [7, 11) is 0. The first-order chi connectivity index (χ1) is 7.35. The van der Waals surface area contributed by atoms with Gasteiger partial charge in [0.1, 0.15) is 5.75 Å². The number of carbonyl (C=O) groups is 1. The topological polar surface area (TPSA) is 26.3 Å². The second-order valence-corrected chi connectivity index (χ2v) is 3.05. The van der Waals surface area contributed by atoms with Gasteiger partial charge in [-0.15, -0.1) is 6.42 Å². The fourth-order valence-corrected chi connectivity index (χ4v) is 1.52. The highest BCUT2D eigenvalue weighted by molar-refractivity contribution is 5.89. The van der Waals surface area contributed by atoms with Crippen LogP contribution in [0.4, 0.5) is 0 Å². The van der Waals surface area contributed by atoms with Crippen LogP contribution < -0.4 is 4.74 Å². The summed E-state index contributed by atoms with van der Waals surface area (Å²) in [5.41, 5.74) is 0.838. The second-order valence-electron chi connectivity index (χ2n) is 3.05. The van der Waals surface area contributed by atoms with E-state index in [9.17, 15) is 4.79 Å². The van der Waals surface area contributed by atoms with Crippen molar-refractivity contribution < 1.29 is 9.53 Å². The van der Waals surface area contributed by atoms with Crippen molar-refractivity contribution in [3.05, 3.63) is 42.0 Å². The summed E-state index contributed by atoms with van der Waals surface area (Å²) in [6.45, 7) is 0.409. The maximum absolute atomic E-state index is 10.2. The Kier molecular flexibility index (Phi) is 2.38. The summed E-state index contributed by atoms with van der Waals surface area (Å²) < 4.78 is 4.76. The van der Waals surface area contributed by atoms with Gasteiger partial charge in [0.15, 0.2) is 0 Å². The third-order valence-corrected chi connectivity index (χ3v) is 2.19. The van der Waals surface area contributed by atoms with Crippen molar-refractivity contribution in [1.82, 2.24) is 0 Å². The van der Waals surface area contributed by atoms with Crippen LogP contribution in [0.15, 0.2) is 36.4 Å². The molecule has 0 atom stereocenters. The van der Waals surface area contributed by atoms with E-state index in [4.69, 9.17) is 11.2 Å². The van der Waals surface area contributed by atoms with Gasteiger partial charge in [-0.3, -0.25) is 4.79 Å².